The first kappa shape index (κ1) is 18.9. The molecule has 2 amide bonds. The molecule has 2 aromatic rings. The van der Waals surface area contributed by atoms with E-state index in [9.17, 15) is 9.59 Å². The van der Waals surface area contributed by atoms with E-state index in [1.165, 1.54) is 0 Å². The second-order valence-corrected chi connectivity index (χ2v) is 6.83. The number of piperidine rings is 1. The smallest absolute Gasteiger partial charge is 0.257 e. The van der Waals surface area contributed by atoms with E-state index in [1.54, 1.807) is 24.5 Å². The quantitative estimate of drug-likeness (QED) is 0.851. The SMILES string of the molecule is Cc1ccccc1OCC(=O)NCC1CCN(C(=O)c2ccncc2)CC1. The van der Waals surface area contributed by atoms with Gasteiger partial charge in [-0.3, -0.25) is 14.6 Å². The van der Waals surface area contributed by atoms with Gasteiger partial charge in [-0.1, -0.05) is 18.2 Å². The lowest BCUT2D eigenvalue weighted by Gasteiger charge is -2.32. The zero-order valence-electron chi connectivity index (χ0n) is 15.6. The molecule has 1 saturated heterocycles. The molecule has 1 aliphatic rings. The summed E-state index contributed by atoms with van der Waals surface area (Å²) in [4.78, 5) is 30.3. The number of carbonyl (C=O) groups excluding carboxylic acids is 2. The lowest BCUT2D eigenvalue weighted by Crippen LogP contribution is -2.42. The summed E-state index contributed by atoms with van der Waals surface area (Å²) in [6.45, 7) is 4.01. The highest BCUT2D eigenvalue weighted by Crippen LogP contribution is 2.19. The zero-order chi connectivity index (χ0) is 19.1. The number of pyridine rings is 1. The summed E-state index contributed by atoms with van der Waals surface area (Å²) < 4.78 is 5.57. The van der Waals surface area contributed by atoms with Crippen molar-refractivity contribution in [3.8, 4) is 5.75 Å². The van der Waals surface area contributed by atoms with Crippen molar-refractivity contribution < 1.29 is 14.3 Å². The molecule has 2 heterocycles. The van der Waals surface area contributed by atoms with Crippen LogP contribution in [0.25, 0.3) is 0 Å². The number of likely N-dealkylation sites (tertiary alicyclic amines) is 1. The molecule has 1 N–H and O–H groups in total. The third-order valence-corrected chi connectivity index (χ3v) is 4.87. The van der Waals surface area contributed by atoms with Crippen molar-refractivity contribution in [1.82, 2.24) is 15.2 Å². The van der Waals surface area contributed by atoms with Crippen molar-refractivity contribution >= 4 is 11.8 Å². The van der Waals surface area contributed by atoms with Crippen molar-refractivity contribution in [2.24, 2.45) is 5.92 Å². The number of hydrogen-bond donors (Lipinski definition) is 1. The van der Waals surface area contributed by atoms with Gasteiger partial charge in [0.05, 0.1) is 0 Å². The van der Waals surface area contributed by atoms with Crippen molar-refractivity contribution in [1.29, 1.82) is 0 Å². The van der Waals surface area contributed by atoms with Gasteiger partial charge in [0.1, 0.15) is 5.75 Å². The molecule has 1 aromatic carbocycles. The summed E-state index contributed by atoms with van der Waals surface area (Å²) in [5.74, 6) is 1.05. The fourth-order valence-electron chi connectivity index (χ4n) is 3.19. The molecule has 6 nitrogen and oxygen atoms in total. The molecular weight excluding hydrogens is 342 g/mol. The lowest BCUT2D eigenvalue weighted by atomic mass is 9.96. The topological polar surface area (TPSA) is 71.5 Å². The maximum atomic E-state index is 12.4. The highest BCUT2D eigenvalue weighted by Gasteiger charge is 2.23. The zero-order valence-corrected chi connectivity index (χ0v) is 15.6. The maximum absolute atomic E-state index is 12.4. The Morgan fingerprint density at radius 3 is 2.56 bits per heavy atom. The fourth-order valence-corrected chi connectivity index (χ4v) is 3.19. The number of carbonyl (C=O) groups is 2. The molecule has 1 fully saturated rings. The predicted molar refractivity (Wildman–Crippen MR) is 103 cm³/mol. The number of nitrogens with zero attached hydrogens (tertiary/aromatic N) is 2. The van der Waals surface area contributed by atoms with Gasteiger partial charge in [0.2, 0.25) is 0 Å². The van der Waals surface area contributed by atoms with Crippen LogP contribution in [0.5, 0.6) is 5.75 Å². The summed E-state index contributed by atoms with van der Waals surface area (Å²) >= 11 is 0. The normalized spacial score (nSPS) is 14.6. The van der Waals surface area contributed by atoms with Crippen molar-refractivity contribution in [2.75, 3.05) is 26.2 Å². The Hall–Kier alpha value is -2.89. The number of rotatable bonds is 6. The maximum Gasteiger partial charge on any atom is 0.257 e. The van der Waals surface area contributed by atoms with Crippen LogP contribution in [0.1, 0.15) is 28.8 Å². The van der Waals surface area contributed by atoms with E-state index in [4.69, 9.17) is 4.74 Å². The number of aryl methyl sites for hydroxylation is 1. The first-order valence-corrected chi connectivity index (χ1v) is 9.28. The number of ether oxygens (including phenoxy) is 1. The van der Waals surface area contributed by atoms with Gasteiger partial charge in [-0.05, 0) is 49.4 Å². The van der Waals surface area contributed by atoms with Gasteiger partial charge < -0.3 is 15.0 Å². The molecule has 0 radical (unpaired) electrons. The Morgan fingerprint density at radius 2 is 1.85 bits per heavy atom. The number of amides is 2. The van der Waals surface area contributed by atoms with E-state index in [-0.39, 0.29) is 18.4 Å². The number of benzene rings is 1. The van der Waals surface area contributed by atoms with E-state index in [2.05, 4.69) is 10.3 Å². The van der Waals surface area contributed by atoms with E-state index in [0.29, 0.717) is 31.1 Å². The molecular formula is C21H25N3O3. The van der Waals surface area contributed by atoms with Crippen LogP contribution in [-0.2, 0) is 4.79 Å². The van der Waals surface area contributed by atoms with Gasteiger partial charge in [-0.2, -0.15) is 0 Å². The molecule has 1 aromatic heterocycles. The summed E-state index contributed by atoms with van der Waals surface area (Å²) in [6.07, 6.45) is 5.04. The van der Waals surface area contributed by atoms with Gasteiger partial charge in [-0.25, -0.2) is 0 Å². The lowest BCUT2D eigenvalue weighted by molar-refractivity contribution is -0.123. The van der Waals surface area contributed by atoms with Gasteiger partial charge in [0.25, 0.3) is 11.8 Å². The van der Waals surface area contributed by atoms with Crippen LogP contribution < -0.4 is 10.1 Å². The molecule has 3 rings (SSSR count). The van der Waals surface area contributed by atoms with Crippen LogP contribution in [0.4, 0.5) is 0 Å². The van der Waals surface area contributed by atoms with Gasteiger partial charge in [0.15, 0.2) is 6.61 Å². The largest absolute Gasteiger partial charge is 0.484 e. The Kier molecular flexibility index (Phi) is 6.41. The van der Waals surface area contributed by atoms with Crippen LogP contribution in [0.15, 0.2) is 48.8 Å². The molecule has 0 aliphatic carbocycles. The number of aromatic nitrogens is 1. The van der Waals surface area contributed by atoms with E-state index < -0.39 is 0 Å². The third kappa shape index (κ3) is 5.29. The first-order valence-electron chi connectivity index (χ1n) is 9.28. The minimum absolute atomic E-state index is 0.0181. The summed E-state index contributed by atoms with van der Waals surface area (Å²) in [6, 6.07) is 11.1. The molecule has 27 heavy (non-hydrogen) atoms. The summed E-state index contributed by atoms with van der Waals surface area (Å²) in [5.41, 5.74) is 1.68. The highest BCUT2D eigenvalue weighted by molar-refractivity contribution is 5.94. The average molecular weight is 367 g/mol. The molecule has 0 saturated carbocycles. The van der Waals surface area contributed by atoms with Crippen molar-refractivity contribution in [2.45, 2.75) is 19.8 Å². The molecule has 142 valence electrons. The average Bonchev–Trinajstić information content (AvgIpc) is 2.72. The Balaban J connectivity index is 1.37. The van der Waals surface area contributed by atoms with E-state index in [0.717, 1.165) is 24.2 Å². The van der Waals surface area contributed by atoms with Crippen LogP contribution in [-0.4, -0.2) is 47.9 Å². The second kappa shape index (κ2) is 9.16. The van der Waals surface area contributed by atoms with Gasteiger partial charge in [-0.15, -0.1) is 0 Å². The minimum Gasteiger partial charge on any atom is -0.484 e. The van der Waals surface area contributed by atoms with Gasteiger partial charge in [0, 0.05) is 37.6 Å². The molecule has 6 heteroatoms. The molecule has 0 bridgehead atoms. The van der Waals surface area contributed by atoms with Crippen LogP contribution in [0, 0.1) is 12.8 Å². The Morgan fingerprint density at radius 1 is 1.15 bits per heavy atom. The number of nitrogens with one attached hydrogen (secondary N) is 1. The molecule has 0 atom stereocenters. The number of hydrogen-bond acceptors (Lipinski definition) is 4. The molecule has 0 unspecified atom stereocenters. The monoisotopic (exact) mass is 367 g/mol. The number of para-hydroxylation sites is 1. The molecule has 0 spiro atoms. The standard InChI is InChI=1S/C21H25N3O3/c1-16-4-2-3-5-19(16)27-15-20(25)23-14-17-8-12-24(13-9-17)21(26)18-6-10-22-11-7-18/h2-7,10-11,17H,8-9,12-15H2,1H3,(H,23,25). The minimum atomic E-state index is -0.117. The third-order valence-electron chi connectivity index (χ3n) is 4.87. The van der Waals surface area contributed by atoms with Crippen molar-refractivity contribution in [3.63, 3.8) is 0 Å². The van der Waals surface area contributed by atoms with Crippen molar-refractivity contribution in [3.05, 3.63) is 59.9 Å². The highest BCUT2D eigenvalue weighted by atomic mass is 16.5. The fraction of sp³-hybridized carbons (Fsp3) is 0.381. The predicted octanol–water partition coefficient (Wildman–Crippen LogP) is 2.44. The van der Waals surface area contributed by atoms with Crippen LogP contribution in [0.3, 0.4) is 0 Å². The van der Waals surface area contributed by atoms with E-state index >= 15 is 0 Å². The Bertz CT molecular complexity index is 771. The summed E-state index contributed by atoms with van der Waals surface area (Å²) in [7, 11) is 0. The first-order chi connectivity index (χ1) is 13.1. The van der Waals surface area contributed by atoms with Crippen LogP contribution in [0.2, 0.25) is 0 Å². The van der Waals surface area contributed by atoms with Crippen LogP contribution >= 0.6 is 0 Å². The Labute approximate surface area is 159 Å². The molecule has 1 aliphatic heterocycles. The van der Waals surface area contributed by atoms with Gasteiger partial charge >= 0.3 is 0 Å². The second-order valence-electron chi connectivity index (χ2n) is 6.83. The summed E-state index contributed by atoms with van der Waals surface area (Å²) in [5, 5.41) is 2.94. The van der Waals surface area contributed by atoms with E-state index in [1.807, 2.05) is 36.1 Å².